The molecule has 1 aromatic heterocycles. The van der Waals surface area contributed by atoms with Gasteiger partial charge in [0.2, 0.25) is 0 Å². The Kier molecular flexibility index (Phi) is 5.53. The predicted molar refractivity (Wildman–Crippen MR) is 90.0 cm³/mol. The first-order valence-corrected chi connectivity index (χ1v) is 8.01. The molecule has 0 aliphatic rings. The number of hydrogen-bond donors (Lipinski definition) is 0. The molecule has 2 aromatic rings. The molecule has 0 bridgehead atoms. The van der Waals surface area contributed by atoms with Crippen LogP contribution in [0, 0.1) is 6.92 Å². The minimum absolute atomic E-state index is 0.155. The highest BCUT2D eigenvalue weighted by atomic mass is 16.5. The monoisotopic (exact) mass is 315 g/mol. The first-order chi connectivity index (χ1) is 10.9. The van der Waals surface area contributed by atoms with Gasteiger partial charge in [0.25, 0.3) is 0 Å². The van der Waals surface area contributed by atoms with Crippen LogP contribution >= 0.6 is 0 Å². The maximum atomic E-state index is 11.1. The van der Waals surface area contributed by atoms with E-state index < -0.39 is 0 Å². The maximum Gasteiger partial charge on any atom is 0.172 e. The van der Waals surface area contributed by atoms with Crippen molar-refractivity contribution in [2.24, 2.45) is 0 Å². The van der Waals surface area contributed by atoms with E-state index in [9.17, 15) is 4.79 Å². The standard InChI is InChI=1S/C18H25N3O2/c1-14-9-5-6-10-16(14)23-12-8-7-11-21-17(18(2,3)4)15(13-22)19-20-21/h5-6,9-10,13H,7-8,11-12H2,1-4H3. The van der Waals surface area contributed by atoms with Crippen LogP contribution in [-0.4, -0.2) is 27.9 Å². The summed E-state index contributed by atoms with van der Waals surface area (Å²) in [6.45, 7) is 9.65. The van der Waals surface area contributed by atoms with Crippen LogP contribution in [0.4, 0.5) is 0 Å². The van der Waals surface area contributed by atoms with Gasteiger partial charge in [0.15, 0.2) is 6.29 Å². The minimum Gasteiger partial charge on any atom is -0.493 e. The number of nitrogens with zero attached hydrogens (tertiary/aromatic N) is 3. The van der Waals surface area contributed by atoms with Crippen LogP contribution in [0.3, 0.4) is 0 Å². The molecule has 2 rings (SSSR count). The molecule has 5 heteroatoms. The summed E-state index contributed by atoms with van der Waals surface area (Å²) in [5, 5.41) is 8.09. The van der Waals surface area contributed by atoms with Gasteiger partial charge >= 0.3 is 0 Å². The molecule has 0 atom stereocenters. The van der Waals surface area contributed by atoms with Gasteiger partial charge in [-0.25, -0.2) is 4.68 Å². The van der Waals surface area contributed by atoms with Crippen molar-refractivity contribution < 1.29 is 9.53 Å². The molecule has 0 N–H and O–H groups in total. The molecule has 5 nitrogen and oxygen atoms in total. The number of para-hydroxylation sites is 1. The van der Waals surface area contributed by atoms with Crippen LogP contribution in [0.15, 0.2) is 24.3 Å². The molecule has 0 aliphatic carbocycles. The Hall–Kier alpha value is -2.17. The van der Waals surface area contributed by atoms with Crippen LogP contribution in [0.5, 0.6) is 5.75 Å². The molecule has 1 aromatic carbocycles. The number of benzene rings is 1. The van der Waals surface area contributed by atoms with E-state index in [0.717, 1.165) is 42.7 Å². The molecule has 0 fully saturated rings. The molecule has 0 unspecified atom stereocenters. The van der Waals surface area contributed by atoms with Crippen molar-refractivity contribution in [1.29, 1.82) is 0 Å². The molecule has 124 valence electrons. The smallest absolute Gasteiger partial charge is 0.172 e. The van der Waals surface area contributed by atoms with E-state index in [-0.39, 0.29) is 5.41 Å². The van der Waals surface area contributed by atoms with E-state index in [2.05, 4.69) is 31.1 Å². The third-order valence-electron chi connectivity index (χ3n) is 3.70. The van der Waals surface area contributed by atoms with Crippen molar-refractivity contribution in [3.63, 3.8) is 0 Å². The first-order valence-electron chi connectivity index (χ1n) is 8.01. The van der Waals surface area contributed by atoms with Gasteiger partial charge in [-0.1, -0.05) is 44.2 Å². The summed E-state index contributed by atoms with van der Waals surface area (Å²) in [4.78, 5) is 11.1. The number of aldehydes is 1. The fourth-order valence-corrected chi connectivity index (χ4v) is 2.60. The quantitative estimate of drug-likeness (QED) is 0.579. The Balaban J connectivity index is 1.86. The zero-order valence-corrected chi connectivity index (χ0v) is 14.4. The lowest BCUT2D eigenvalue weighted by molar-refractivity contribution is 0.111. The van der Waals surface area contributed by atoms with E-state index in [0.29, 0.717) is 12.3 Å². The molecule has 0 amide bonds. The van der Waals surface area contributed by atoms with Crippen molar-refractivity contribution in [3.05, 3.63) is 41.2 Å². The lowest BCUT2D eigenvalue weighted by atomic mass is 9.90. The Labute approximate surface area is 137 Å². The second-order valence-electron chi connectivity index (χ2n) is 6.74. The number of aromatic nitrogens is 3. The number of unbranched alkanes of at least 4 members (excludes halogenated alkanes) is 1. The second kappa shape index (κ2) is 7.40. The van der Waals surface area contributed by atoms with Gasteiger partial charge in [-0.15, -0.1) is 5.10 Å². The van der Waals surface area contributed by atoms with Crippen molar-refractivity contribution in [2.75, 3.05) is 6.61 Å². The maximum absolute atomic E-state index is 11.1. The average molecular weight is 315 g/mol. The predicted octanol–water partition coefficient (Wildman–Crippen LogP) is 3.56. The van der Waals surface area contributed by atoms with E-state index >= 15 is 0 Å². The summed E-state index contributed by atoms with van der Waals surface area (Å²) in [7, 11) is 0. The van der Waals surface area contributed by atoms with Crippen LogP contribution in [0.25, 0.3) is 0 Å². The van der Waals surface area contributed by atoms with Crippen LogP contribution < -0.4 is 4.74 Å². The normalized spacial score (nSPS) is 11.5. The molecule has 23 heavy (non-hydrogen) atoms. The number of ether oxygens (including phenoxy) is 1. The van der Waals surface area contributed by atoms with Gasteiger partial charge in [-0.2, -0.15) is 0 Å². The van der Waals surface area contributed by atoms with Gasteiger partial charge in [0, 0.05) is 12.0 Å². The lowest BCUT2D eigenvalue weighted by Crippen LogP contribution is -2.20. The number of carbonyl (C=O) groups excluding carboxylic acids is 1. The molecule has 0 spiro atoms. The SMILES string of the molecule is Cc1ccccc1OCCCCn1nnc(C=O)c1C(C)(C)C. The van der Waals surface area contributed by atoms with Gasteiger partial charge in [0.1, 0.15) is 11.4 Å². The summed E-state index contributed by atoms with van der Waals surface area (Å²) >= 11 is 0. The number of carbonyl (C=O) groups is 1. The summed E-state index contributed by atoms with van der Waals surface area (Å²) in [5.41, 5.74) is 2.33. The highest BCUT2D eigenvalue weighted by molar-refractivity contribution is 5.73. The Bertz CT molecular complexity index is 657. The topological polar surface area (TPSA) is 57.0 Å². The van der Waals surface area contributed by atoms with E-state index in [1.807, 2.05) is 35.9 Å². The van der Waals surface area contributed by atoms with Crippen molar-refractivity contribution in [3.8, 4) is 5.75 Å². The van der Waals surface area contributed by atoms with E-state index in [4.69, 9.17) is 4.74 Å². The molecule has 0 aliphatic heterocycles. The van der Waals surface area contributed by atoms with Gasteiger partial charge < -0.3 is 4.74 Å². The number of aryl methyl sites for hydroxylation is 2. The van der Waals surface area contributed by atoms with Gasteiger partial charge in [-0.3, -0.25) is 4.79 Å². The summed E-state index contributed by atoms with van der Waals surface area (Å²) in [6, 6.07) is 8.02. The largest absolute Gasteiger partial charge is 0.493 e. The zero-order chi connectivity index (χ0) is 16.9. The van der Waals surface area contributed by atoms with Crippen LogP contribution in [0.1, 0.15) is 55.4 Å². The molecular formula is C18H25N3O2. The molecule has 0 radical (unpaired) electrons. The second-order valence-corrected chi connectivity index (χ2v) is 6.74. The fourth-order valence-electron chi connectivity index (χ4n) is 2.60. The number of hydrogen-bond acceptors (Lipinski definition) is 4. The summed E-state index contributed by atoms with van der Waals surface area (Å²) in [6.07, 6.45) is 2.64. The first kappa shape index (κ1) is 17.2. The Morgan fingerprint density at radius 2 is 1.96 bits per heavy atom. The third kappa shape index (κ3) is 4.41. The van der Waals surface area contributed by atoms with Crippen molar-refractivity contribution in [2.45, 2.75) is 52.5 Å². The molecular weight excluding hydrogens is 290 g/mol. The number of rotatable bonds is 7. The lowest BCUT2D eigenvalue weighted by Gasteiger charge is -2.20. The zero-order valence-electron chi connectivity index (χ0n) is 14.4. The summed E-state index contributed by atoms with van der Waals surface area (Å²) in [5.74, 6) is 0.937. The van der Waals surface area contributed by atoms with E-state index in [1.54, 1.807) is 0 Å². The molecule has 1 heterocycles. The molecule has 0 saturated carbocycles. The van der Waals surface area contributed by atoms with E-state index in [1.165, 1.54) is 0 Å². The van der Waals surface area contributed by atoms with Gasteiger partial charge in [0.05, 0.1) is 12.3 Å². The third-order valence-corrected chi connectivity index (χ3v) is 3.70. The Morgan fingerprint density at radius 3 is 2.61 bits per heavy atom. The van der Waals surface area contributed by atoms with Crippen LogP contribution in [0.2, 0.25) is 0 Å². The minimum atomic E-state index is -0.155. The Morgan fingerprint density at radius 1 is 1.22 bits per heavy atom. The molecule has 0 saturated heterocycles. The fraction of sp³-hybridized carbons (Fsp3) is 0.500. The van der Waals surface area contributed by atoms with Crippen molar-refractivity contribution in [1.82, 2.24) is 15.0 Å². The summed E-state index contributed by atoms with van der Waals surface area (Å²) < 4.78 is 7.64. The van der Waals surface area contributed by atoms with Gasteiger partial charge in [-0.05, 0) is 31.4 Å². The van der Waals surface area contributed by atoms with Crippen LogP contribution in [-0.2, 0) is 12.0 Å². The highest BCUT2D eigenvalue weighted by Gasteiger charge is 2.24. The highest BCUT2D eigenvalue weighted by Crippen LogP contribution is 2.24. The average Bonchev–Trinajstić information content (AvgIpc) is 2.92. The van der Waals surface area contributed by atoms with Crippen molar-refractivity contribution >= 4 is 6.29 Å².